The SMILES string of the molecule is COc1nc(Br)ccc1N1CC(CS(=O)(=O)F)CC1=O. The molecule has 1 aliphatic rings. The quantitative estimate of drug-likeness (QED) is 0.596. The van der Waals surface area contributed by atoms with Crippen LogP contribution in [-0.4, -0.2) is 38.7 Å². The molecular formula is C11H12BrFN2O4S. The summed E-state index contributed by atoms with van der Waals surface area (Å²) in [4.78, 5) is 17.4. The number of carbonyl (C=O) groups excluding carboxylic acids is 1. The van der Waals surface area contributed by atoms with E-state index in [1.54, 1.807) is 12.1 Å². The smallest absolute Gasteiger partial charge is 0.302 e. The highest BCUT2D eigenvalue weighted by molar-refractivity contribution is 9.10. The zero-order chi connectivity index (χ0) is 14.9. The van der Waals surface area contributed by atoms with E-state index in [9.17, 15) is 17.1 Å². The third-order valence-corrected chi connectivity index (χ3v) is 4.24. The zero-order valence-electron chi connectivity index (χ0n) is 10.5. The minimum Gasteiger partial charge on any atom is -0.479 e. The lowest BCUT2D eigenvalue weighted by molar-refractivity contribution is -0.117. The minimum absolute atomic E-state index is 0.0115. The van der Waals surface area contributed by atoms with Crippen molar-refractivity contribution in [3.63, 3.8) is 0 Å². The van der Waals surface area contributed by atoms with Crippen molar-refractivity contribution in [2.45, 2.75) is 6.42 Å². The summed E-state index contributed by atoms with van der Waals surface area (Å²) < 4.78 is 39.7. The van der Waals surface area contributed by atoms with E-state index in [1.165, 1.54) is 12.0 Å². The molecule has 1 aromatic heterocycles. The van der Waals surface area contributed by atoms with Crippen molar-refractivity contribution < 1.29 is 21.8 Å². The fourth-order valence-corrected chi connectivity index (χ4v) is 3.25. The fraction of sp³-hybridized carbons (Fsp3) is 0.455. The molecule has 2 heterocycles. The lowest BCUT2D eigenvalue weighted by Crippen LogP contribution is -2.26. The number of halogens is 2. The average Bonchev–Trinajstić information content (AvgIpc) is 2.67. The van der Waals surface area contributed by atoms with Crippen LogP contribution in [0.2, 0.25) is 0 Å². The molecule has 1 amide bonds. The van der Waals surface area contributed by atoms with Gasteiger partial charge in [-0.2, -0.15) is 8.42 Å². The molecule has 9 heteroatoms. The van der Waals surface area contributed by atoms with Gasteiger partial charge >= 0.3 is 10.2 Å². The van der Waals surface area contributed by atoms with E-state index in [2.05, 4.69) is 20.9 Å². The van der Waals surface area contributed by atoms with Crippen molar-refractivity contribution in [2.75, 3.05) is 24.3 Å². The van der Waals surface area contributed by atoms with Crippen molar-refractivity contribution >= 4 is 37.7 Å². The maximum atomic E-state index is 12.7. The van der Waals surface area contributed by atoms with E-state index in [0.29, 0.717) is 10.3 Å². The molecule has 0 N–H and O–H groups in total. The average molecular weight is 367 g/mol. The molecule has 1 unspecified atom stereocenters. The number of anilines is 1. The highest BCUT2D eigenvalue weighted by Crippen LogP contribution is 2.33. The Hall–Kier alpha value is -1.22. The summed E-state index contributed by atoms with van der Waals surface area (Å²) in [7, 11) is -3.17. The fourth-order valence-electron chi connectivity index (χ4n) is 2.17. The van der Waals surface area contributed by atoms with E-state index in [1.807, 2.05) is 0 Å². The molecule has 110 valence electrons. The Kier molecular flexibility index (Phi) is 4.28. The number of rotatable bonds is 4. The molecule has 2 rings (SSSR count). The van der Waals surface area contributed by atoms with Gasteiger partial charge in [-0.15, -0.1) is 3.89 Å². The van der Waals surface area contributed by atoms with Crippen LogP contribution in [0.4, 0.5) is 9.57 Å². The molecule has 1 aromatic rings. The van der Waals surface area contributed by atoms with Gasteiger partial charge in [-0.25, -0.2) is 4.98 Å². The van der Waals surface area contributed by atoms with E-state index >= 15 is 0 Å². The monoisotopic (exact) mass is 366 g/mol. The second kappa shape index (κ2) is 5.65. The maximum absolute atomic E-state index is 12.7. The molecule has 0 bridgehead atoms. The van der Waals surface area contributed by atoms with Gasteiger partial charge in [0.15, 0.2) is 0 Å². The predicted octanol–water partition coefficient (Wildman–Crippen LogP) is 1.50. The van der Waals surface area contributed by atoms with Gasteiger partial charge in [0.1, 0.15) is 10.3 Å². The summed E-state index contributed by atoms with van der Waals surface area (Å²) in [6.07, 6.45) is -0.0115. The first-order valence-electron chi connectivity index (χ1n) is 5.73. The van der Waals surface area contributed by atoms with Crippen molar-refractivity contribution in [1.82, 2.24) is 4.98 Å². The van der Waals surface area contributed by atoms with Crippen molar-refractivity contribution in [1.29, 1.82) is 0 Å². The van der Waals surface area contributed by atoms with Gasteiger partial charge in [-0.3, -0.25) is 4.79 Å². The molecule has 0 radical (unpaired) electrons. The van der Waals surface area contributed by atoms with Gasteiger partial charge in [0.25, 0.3) is 0 Å². The number of amides is 1. The Balaban J connectivity index is 2.24. The first kappa shape index (κ1) is 15.2. The summed E-state index contributed by atoms with van der Waals surface area (Å²) in [6.45, 7) is 0.127. The van der Waals surface area contributed by atoms with Crippen LogP contribution in [0.5, 0.6) is 5.88 Å². The van der Waals surface area contributed by atoms with Crippen molar-refractivity contribution in [2.24, 2.45) is 5.92 Å². The van der Waals surface area contributed by atoms with Crippen LogP contribution in [0.1, 0.15) is 6.42 Å². The highest BCUT2D eigenvalue weighted by Gasteiger charge is 2.35. The van der Waals surface area contributed by atoms with Crippen LogP contribution >= 0.6 is 15.9 Å². The van der Waals surface area contributed by atoms with E-state index in [4.69, 9.17) is 4.74 Å². The lowest BCUT2D eigenvalue weighted by atomic mass is 10.1. The molecule has 0 saturated carbocycles. The number of hydrogen-bond acceptors (Lipinski definition) is 5. The molecule has 6 nitrogen and oxygen atoms in total. The van der Waals surface area contributed by atoms with E-state index in [0.717, 1.165) is 0 Å². The Morgan fingerprint density at radius 1 is 1.55 bits per heavy atom. The first-order valence-corrected chi connectivity index (χ1v) is 8.08. The highest BCUT2D eigenvalue weighted by atomic mass is 79.9. The molecule has 1 aliphatic heterocycles. The van der Waals surface area contributed by atoms with Gasteiger partial charge in [0, 0.05) is 18.9 Å². The summed E-state index contributed by atoms with van der Waals surface area (Å²) in [5.74, 6) is -1.25. The number of methoxy groups -OCH3 is 1. The Morgan fingerprint density at radius 3 is 2.85 bits per heavy atom. The predicted molar refractivity (Wildman–Crippen MR) is 73.8 cm³/mol. The first-order chi connectivity index (χ1) is 9.30. The standard InChI is InChI=1S/C11H12BrFN2O4S/c1-19-11-8(2-3-9(12)14-11)15-5-7(4-10(15)16)6-20(13,17)18/h2-3,7H,4-6H2,1H3. The zero-order valence-corrected chi connectivity index (χ0v) is 12.9. The van der Waals surface area contributed by atoms with Crippen molar-refractivity contribution in [3.8, 4) is 5.88 Å². The summed E-state index contributed by atoms with van der Waals surface area (Å²) in [5, 5.41) is 0. The van der Waals surface area contributed by atoms with Gasteiger partial charge in [-0.05, 0) is 28.1 Å². The number of aromatic nitrogens is 1. The van der Waals surface area contributed by atoms with Crippen LogP contribution in [-0.2, 0) is 15.0 Å². The van der Waals surface area contributed by atoms with E-state index in [-0.39, 0.29) is 24.8 Å². The van der Waals surface area contributed by atoms with Gasteiger partial charge in [0.2, 0.25) is 11.8 Å². The number of carbonyl (C=O) groups is 1. The largest absolute Gasteiger partial charge is 0.479 e. The molecule has 0 aromatic carbocycles. The van der Waals surface area contributed by atoms with Gasteiger partial charge < -0.3 is 9.64 Å². The summed E-state index contributed by atoms with van der Waals surface area (Å²) >= 11 is 3.19. The van der Waals surface area contributed by atoms with Crippen LogP contribution < -0.4 is 9.64 Å². The maximum Gasteiger partial charge on any atom is 0.302 e. The van der Waals surface area contributed by atoms with Crippen LogP contribution in [0, 0.1) is 5.92 Å². The molecular weight excluding hydrogens is 355 g/mol. The van der Waals surface area contributed by atoms with Crippen LogP contribution in [0.15, 0.2) is 16.7 Å². The number of nitrogens with zero attached hydrogens (tertiary/aromatic N) is 2. The Morgan fingerprint density at radius 2 is 2.25 bits per heavy atom. The minimum atomic E-state index is -4.59. The Bertz CT molecular complexity index is 637. The summed E-state index contributed by atoms with van der Waals surface area (Å²) in [5.41, 5.74) is 0.444. The molecule has 0 aliphatic carbocycles. The van der Waals surface area contributed by atoms with Gasteiger partial charge in [-0.1, -0.05) is 0 Å². The van der Waals surface area contributed by atoms with E-state index < -0.39 is 21.9 Å². The molecule has 1 atom stereocenters. The van der Waals surface area contributed by atoms with Crippen molar-refractivity contribution in [3.05, 3.63) is 16.7 Å². The molecule has 0 spiro atoms. The second-order valence-corrected chi connectivity index (χ2v) is 6.67. The third-order valence-electron chi connectivity index (χ3n) is 2.93. The third kappa shape index (κ3) is 3.45. The summed E-state index contributed by atoms with van der Waals surface area (Å²) in [6, 6.07) is 3.28. The van der Waals surface area contributed by atoms with Crippen LogP contribution in [0.3, 0.4) is 0 Å². The van der Waals surface area contributed by atoms with Gasteiger partial charge in [0.05, 0.1) is 12.9 Å². The molecule has 1 fully saturated rings. The lowest BCUT2D eigenvalue weighted by Gasteiger charge is -2.18. The molecule has 1 saturated heterocycles. The topological polar surface area (TPSA) is 76.6 Å². The normalized spacial score (nSPS) is 19.4. The number of ether oxygens (including phenoxy) is 1. The van der Waals surface area contributed by atoms with Crippen LogP contribution in [0.25, 0.3) is 0 Å². The number of pyridine rings is 1. The Labute approximate surface area is 124 Å². The molecule has 20 heavy (non-hydrogen) atoms. The second-order valence-electron chi connectivity index (χ2n) is 4.44. The number of hydrogen-bond donors (Lipinski definition) is 0.